The van der Waals surface area contributed by atoms with Crippen LogP contribution < -0.4 is 0 Å². The summed E-state index contributed by atoms with van der Waals surface area (Å²) in [7, 11) is 0. The van der Waals surface area contributed by atoms with Gasteiger partial charge in [-0.05, 0) is 50.8 Å². The van der Waals surface area contributed by atoms with E-state index in [1.54, 1.807) is 0 Å². The van der Waals surface area contributed by atoms with Crippen LogP contribution in [0.5, 0.6) is 0 Å². The van der Waals surface area contributed by atoms with Crippen LogP contribution >= 0.6 is 11.6 Å². The highest BCUT2D eigenvalue weighted by Gasteiger charge is 2.36. The smallest absolute Gasteiger partial charge is 0.323 e. The summed E-state index contributed by atoms with van der Waals surface area (Å²) in [5, 5.41) is 0.699. The first-order chi connectivity index (χ1) is 13.1. The summed E-state index contributed by atoms with van der Waals surface area (Å²) in [5.41, 5.74) is 0.980. The molecular formula is C21H29ClN2O3. The van der Waals surface area contributed by atoms with E-state index in [0.717, 1.165) is 44.2 Å². The van der Waals surface area contributed by atoms with Crippen molar-refractivity contribution in [2.75, 3.05) is 19.7 Å². The van der Waals surface area contributed by atoms with Gasteiger partial charge in [0, 0.05) is 30.6 Å². The van der Waals surface area contributed by atoms with Gasteiger partial charge in [-0.2, -0.15) is 0 Å². The minimum Gasteiger partial charge on any atom is -0.465 e. The predicted octanol–water partition coefficient (Wildman–Crippen LogP) is 3.64. The molecule has 2 heterocycles. The molecule has 2 saturated heterocycles. The molecule has 0 radical (unpaired) electrons. The molecule has 2 atom stereocenters. The van der Waals surface area contributed by atoms with E-state index >= 15 is 0 Å². The van der Waals surface area contributed by atoms with Crippen LogP contribution in [0.2, 0.25) is 5.02 Å². The summed E-state index contributed by atoms with van der Waals surface area (Å²) >= 11 is 6.27. The lowest BCUT2D eigenvalue weighted by atomic mass is 9.96. The number of piperidine rings is 1. The lowest BCUT2D eigenvalue weighted by molar-refractivity contribution is -0.152. The molecule has 0 aliphatic carbocycles. The molecule has 2 aliphatic heterocycles. The Morgan fingerprint density at radius 2 is 2.00 bits per heavy atom. The standard InChI is InChI=1S/C21H29ClN2O3/c1-2-27-21(26)19-9-5-6-13-24(19)17-10-11-20(25)23(14-12-17)15-16-7-3-4-8-18(16)22/h3-4,7-8,17,19H,2,5-6,9-15H2,1H3. The Balaban J connectivity index is 1.66. The van der Waals surface area contributed by atoms with Crippen LogP contribution in [-0.4, -0.2) is 53.5 Å². The van der Waals surface area contributed by atoms with Crippen LogP contribution in [0.15, 0.2) is 24.3 Å². The Labute approximate surface area is 166 Å². The fourth-order valence-corrected chi connectivity index (χ4v) is 4.43. The number of esters is 1. The minimum atomic E-state index is -0.158. The van der Waals surface area contributed by atoms with E-state index in [0.29, 0.717) is 31.1 Å². The van der Waals surface area contributed by atoms with Crippen LogP contribution in [0.25, 0.3) is 0 Å². The third kappa shape index (κ3) is 5.02. The zero-order valence-corrected chi connectivity index (χ0v) is 16.8. The number of ether oxygens (including phenoxy) is 1. The van der Waals surface area contributed by atoms with E-state index in [1.807, 2.05) is 36.1 Å². The fraction of sp³-hybridized carbons (Fsp3) is 0.619. The van der Waals surface area contributed by atoms with Crippen LogP contribution in [-0.2, 0) is 20.9 Å². The third-order valence-corrected chi connectivity index (χ3v) is 6.04. The van der Waals surface area contributed by atoms with Crippen LogP contribution in [0, 0.1) is 0 Å². The van der Waals surface area contributed by atoms with Gasteiger partial charge in [-0.25, -0.2) is 0 Å². The molecule has 0 bridgehead atoms. The van der Waals surface area contributed by atoms with Crippen molar-refractivity contribution >= 4 is 23.5 Å². The lowest BCUT2D eigenvalue weighted by Crippen LogP contribution is -2.50. The summed E-state index contributed by atoms with van der Waals surface area (Å²) in [6.07, 6.45) is 5.21. The summed E-state index contributed by atoms with van der Waals surface area (Å²) < 4.78 is 5.30. The van der Waals surface area contributed by atoms with Crippen molar-refractivity contribution < 1.29 is 14.3 Å². The van der Waals surface area contributed by atoms with Gasteiger partial charge in [0.1, 0.15) is 6.04 Å². The van der Waals surface area contributed by atoms with Crippen molar-refractivity contribution in [2.24, 2.45) is 0 Å². The molecule has 1 aromatic carbocycles. The molecule has 6 heteroatoms. The first-order valence-corrected chi connectivity index (χ1v) is 10.4. The highest BCUT2D eigenvalue weighted by molar-refractivity contribution is 6.31. The Kier molecular flexibility index (Phi) is 7.13. The molecule has 2 aliphatic rings. The zero-order valence-electron chi connectivity index (χ0n) is 16.0. The number of benzene rings is 1. The minimum absolute atomic E-state index is 0.110. The van der Waals surface area contributed by atoms with Crippen molar-refractivity contribution in [2.45, 2.75) is 64.1 Å². The van der Waals surface area contributed by atoms with Gasteiger partial charge >= 0.3 is 5.97 Å². The molecule has 1 amide bonds. The topological polar surface area (TPSA) is 49.9 Å². The predicted molar refractivity (Wildman–Crippen MR) is 105 cm³/mol. The molecule has 0 aromatic heterocycles. The maximum atomic E-state index is 12.6. The number of nitrogens with zero attached hydrogens (tertiary/aromatic N) is 2. The normalized spacial score (nSPS) is 24.5. The van der Waals surface area contributed by atoms with E-state index in [2.05, 4.69) is 4.90 Å². The molecule has 27 heavy (non-hydrogen) atoms. The van der Waals surface area contributed by atoms with E-state index in [9.17, 15) is 9.59 Å². The highest BCUT2D eigenvalue weighted by atomic mass is 35.5. The number of halogens is 1. The van der Waals surface area contributed by atoms with Crippen LogP contribution in [0.3, 0.4) is 0 Å². The second kappa shape index (κ2) is 9.56. The van der Waals surface area contributed by atoms with E-state index in [4.69, 9.17) is 16.3 Å². The summed E-state index contributed by atoms with van der Waals surface area (Å²) in [5.74, 6) is 0.0582. The molecule has 3 rings (SSSR count). The Hall–Kier alpha value is -1.59. The average molecular weight is 393 g/mol. The van der Waals surface area contributed by atoms with Crippen molar-refractivity contribution in [1.82, 2.24) is 9.80 Å². The van der Waals surface area contributed by atoms with E-state index < -0.39 is 0 Å². The molecule has 1 aromatic rings. The lowest BCUT2D eigenvalue weighted by Gasteiger charge is -2.39. The monoisotopic (exact) mass is 392 g/mol. The van der Waals surface area contributed by atoms with Crippen molar-refractivity contribution in [1.29, 1.82) is 0 Å². The molecule has 0 N–H and O–H groups in total. The zero-order chi connectivity index (χ0) is 19.2. The Morgan fingerprint density at radius 3 is 2.78 bits per heavy atom. The maximum Gasteiger partial charge on any atom is 0.323 e. The average Bonchev–Trinajstić information content (AvgIpc) is 2.86. The number of carbonyl (C=O) groups is 2. The van der Waals surface area contributed by atoms with Gasteiger partial charge in [0.25, 0.3) is 0 Å². The first-order valence-electron chi connectivity index (χ1n) is 10.0. The molecule has 2 unspecified atom stereocenters. The van der Waals surface area contributed by atoms with Gasteiger partial charge in [-0.15, -0.1) is 0 Å². The molecule has 148 valence electrons. The van der Waals surface area contributed by atoms with E-state index in [-0.39, 0.29) is 24.0 Å². The van der Waals surface area contributed by atoms with Crippen LogP contribution in [0.1, 0.15) is 51.0 Å². The highest BCUT2D eigenvalue weighted by Crippen LogP contribution is 2.27. The molecular weight excluding hydrogens is 364 g/mol. The molecule has 0 spiro atoms. The number of likely N-dealkylation sites (tertiary alicyclic amines) is 2. The quantitative estimate of drug-likeness (QED) is 0.718. The molecule has 2 fully saturated rings. The Morgan fingerprint density at radius 1 is 1.19 bits per heavy atom. The van der Waals surface area contributed by atoms with Crippen molar-refractivity contribution in [3.05, 3.63) is 34.9 Å². The number of rotatable bonds is 5. The van der Waals surface area contributed by atoms with Crippen molar-refractivity contribution in [3.63, 3.8) is 0 Å². The van der Waals surface area contributed by atoms with Gasteiger partial charge in [-0.1, -0.05) is 36.2 Å². The SMILES string of the molecule is CCOC(=O)C1CCCCN1C1CCC(=O)N(Cc2ccccc2Cl)CC1. The van der Waals surface area contributed by atoms with Gasteiger partial charge in [-0.3, -0.25) is 14.5 Å². The van der Waals surface area contributed by atoms with Gasteiger partial charge in [0.2, 0.25) is 5.91 Å². The number of hydrogen-bond donors (Lipinski definition) is 0. The van der Waals surface area contributed by atoms with Gasteiger partial charge in [0.05, 0.1) is 6.61 Å². The summed E-state index contributed by atoms with van der Waals surface area (Å²) in [6, 6.07) is 7.77. The summed E-state index contributed by atoms with van der Waals surface area (Å²) in [4.78, 5) is 29.2. The summed E-state index contributed by atoms with van der Waals surface area (Å²) in [6.45, 7) is 4.42. The fourth-order valence-electron chi connectivity index (χ4n) is 4.24. The molecule has 5 nitrogen and oxygen atoms in total. The number of hydrogen-bond acceptors (Lipinski definition) is 4. The van der Waals surface area contributed by atoms with Gasteiger partial charge in [0.15, 0.2) is 0 Å². The van der Waals surface area contributed by atoms with Crippen molar-refractivity contribution in [3.8, 4) is 0 Å². The second-order valence-corrected chi connectivity index (χ2v) is 7.80. The molecule has 0 saturated carbocycles. The van der Waals surface area contributed by atoms with E-state index in [1.165, 1.54) is 0 Å². The van der Waals surface area contributed by atoms with Gasteiger partial charge < -0.3 is 9.64 Å². The number of carbonyl (C=O) groups excluding carboxylic acids is 2. The van der Waals surface area contributed by atoms with Crippen LogP contribution in [0.4, 0.5) is 0 Å². The first kappa shape index (κ1) is 20.2. The third-order valence-electron chi connectivity index (χ3n) is 5.67. The Bertz CT molecular complexity index is 667. The number of amides is 1. The second-order valence-electron chi connectivity index (χ2n) is 7.39. The maximum absolute atomic E-state index is 12.6. The largest absolute Gasteiger partial charge is 0.465 e.